The van der Waals surface area contributed by atoms with E-state index in [1.807, 2.05) is 4.90 Å². The first-order chi connectivity index (χ1) is 25.5. The maximum Gasteiger partial charge on any atom is 0.419 e. The molecule has 1 N–H and O–H groups in total. The van der Waals surface area contributed by atoms with Crippen molar-refractivity contribution in [3.05, 3.63) is 41.2 Å². The molecule has 1 aromatic carbocycles. The SMILES string of the molecule is C/C(C#Cc1c(F)cc2c(N3C[C@H]4CC[C@@H](C3)N4C(=O)OC(C)(C)C)nc(OC[C@@]34CCCN3C[C@H](F)C4)nc2c1F)=N/Nc1ncc(C(F)(F)F)cn1. The number of aromatic nitrogens is 4. The van der Waals surface area contributed by atoms with Gasteiger partial charge in [0, 0.05) is 43.8 Å². The van der Waals surface area contributed by atoms with Gasteiger partial charge in [0.1, 0.15) is 41.2 Å². The van der Waals surface area contributed by atoms with Crippen molar-refractivity contribution in [2.24, 2.45) is 5.10 Å². The number of halogens is 6. The number of carbonyl (C=O) groups excluding carboxylic acids is 1. The quantitative estimate of drug-likeness (QED) is 0.137. The van der Waals surface area contributed by atoms with Crippen LogP contribution in [0.2, 0.25) is 0 Å². The molecule has 4 aliphatic rings. The molecule has 4 fully saturated rings. The molecule has 1 amide bonds. The molecule has 0 aliphatic carbocycles. The predicted molar refractivity (Wildman–Crippen MR) is 186 cm³/mol. The Kier molecular flexibility index (Phi) is 9.73. The van der Waals surface area contributed by atoms with Crippen LogP contribution in [-0.4, -0.2) is 104 Å². The molecule has 4 atom stereocenters. The number of ether oxygens (including phenoxy) is 2. The molecule has 0 spiro atoms. The third kappa shape index (κ3) is 7.55. The van der Waals surface area contributed by atoms with Crippen LogP contribution in [-0.2, 0) is 10.9 Å². The number of piperazine rings is 1. The Balaban J connectivity index is 1.20. The Bertz CT molecular complexity index is 2020. The summed E-state index contributed by atoms with van der Waals surface area (Å²) in [6.45, 7) is 8.57. The van der Waals surface area contributed by atoms with Crippen molar-refractivity contribution in [2.75, 3.05) is 43.1 Å². The van der Waals surface area contributed by atoms with E-state index in [-0.39, 0.29) is 53.1 Å². The fourth-order valence-electron chi connectivity index (χ4n) is 7.76. The average Bonchev–Trinajstić information content (AvgIpc) is 3.72. The summed E-state index contributed by atoms with van der Waals surface area (Å²) >= 11 is 0. The molecular weight excluding hydrogens is 720 g/mol. The maximum atomic E-state index is 16.4. The van der Waals surface area contributed by atoms with Crippen molar-refractivity contribution >= 4 is 34.5 Å². The van der Waals surface area contributed by atoms with Gasteiger partial charge in [-0.25, -0.2) is 33.4 Å². The van der Waals surface area contributed by atoms with Gasteiger partial charge >= 0.3 is 18.3 Å². The topological polar surface area (TPSA) is 121 Å². The highest BCUT2D eigenvalue weighted by Crippen LogP contribution is 2.41. The van der Waals surface area contributed by atoms with E-state index in [0.29, 0.717) is 51.3 Å². The Labute approximate surface area is 307 Å². The summed E-state index contributed by atoms with van der Waals surface area (Å²) in [4.78, 5) is 35.0. The largest absolute Gasteiger partial charge is 0.461 e. The first-order valence-electron chi connectivity index (χ1n) is 17.7. The number of anilines is 2. The zero-order valence-corrected chi connectivity index (χ0v) is 30.1. The number of amides is 1. The van der Waals surface area contributed by atoms with Crippen LogP contribution in [0.1, 0.15) is 70.9 Å². The summed E-state index contributed by atoms with van der Waals surface area (Å²) in [5.74, 6) is 2.89. The van der Waals surface area contributed by atoms with E-state index in [9.17, 15) is 22.4 Å². The van der Waals surface area contributed by atoms with Crippen LogP contribution in [0, 0.1) is 23.5 Å². The fourth-order valence-corrected chi connectivity index (χ4v) is 7.76. The van der Waals surface area contributed by atoms with E-state index in [0.717, 1.165) is 25.5 Å². The smallest absolute Gasteiger partial charge is 0.419 e. The minimum absolute atomic E-state index is 0.0197. The van der Waals surface area contributed by atoms with E-state index in [1.165, 1.54) is 6.92 Å². The number of nitrogens with one attached hydrogen (secondary N) is 1. The van der Waals surface area contributed by atoms with Gasteiger partial charge in [-0.3, -0.25) is 9.80 Å². The number of hydrogen-bond donors (Lipinski definition) is 1. The standard InChI is InChI=1S/C36H39F6N9O3/c1-20(47-48-31-43-14-21(15-44-31)36(40,41)42)6-9-25-27(38)12-26-29(28(25)39)45-32(53-19-35-10-5-11-50(35)16-22(37)13-35)46-30(26)49-17-23-7-8-24(18-49)51(23)33(52)54-34(2,3)4/h12,14-15,22-24H,5,7-8,10-11,13,16-19H2,1-4H3,(H,43,44,48)/b47-20-/t22-,23-,24+,35+/m1/s1. The van der Waals surface area contributed by atoms with Crippen molar-refractivity contribution in [1.29, 1.82) is 0 Å². The Hall–Kier alpha value is -4.92. The highest BCUT2D eigenvalue weighted by molar-refractivity contribution is 5.99. The second-order valence-electron chi connectivity index (χ2n) is 15.2. The van der Waals surface area contributed by atoms with Crippen molar-refractivity contribution in [1.82, 2.24) is 29.7 Å². The summed E-state index contributed by atoms with van der Waals surface area (Å²) in [6, 6.07) is 0.475. The Morgan fingerprint density at radius 1 is 1.09 bits per heavy atom. The lowest BCUT2D eigenvalue weighted by atomic mass is 9.95. The van der Waals surface area contributed by atoms with Gasteiger partial charge in [0.05, 0.1) is 28.7 Å². The highest BCUT2D eigenvalue weighted by Gasteiger charge is 2.50. The second-order valence-corrected chi connectivity index (χ2v) is 15.2. The zero-order chi connectivity index (χ0) is 38.6. The molecule has 12 nitrogen and oxygen atoms in total. The van der Waals surface area contributed by atoms with E-state index in [4.69, 9.17) is 9.47 Å². The summed E-state index contributed by atoms with van der Waals surface area (Å²) < 4.78 is 97.0. The van der Waals surface area contributed by atoms with Crippen LogP contribution in [0.25, 0.3) is 10.9 Å². The van der Waals surface area contributed by atoms with Gasteiger partial charge in [-0.05, 0) is 71.9 Å². The summed E-state index contributed by atoms with van der Waals surface area (Å²) in [5, 5.41) is 3.96. The lowest BCUT2D eigenvalue weighted by molar-refractivity contribution is -0.138. The van der Waals surface area contributed by atoms with E-state index in [2.05, 4.69) is 47.2 Å². The summed E-state index contributed by atoms with van der Waals surface area (Å²) in [5.41, 5.74) is -0.734. The van der Waals surface area contributed by atoms with E-state index < -0.39 is 52.3 Å². The Morgan fingerprint density at radius 2 is 1.80 bits per heavy atom. The molecule has 54 heavy (non-hydrogen) atoms. The number of carbonyl (C=O) groups is 1. The van der Waals surface area contributed by atoms with Crippen LogP contribution >= 0.6 is 0 Å². The average molecular weight is 760 g/mol. The monoisotopic (exact) mass is 759 g/mol. The first-order valence-corrected chi connectivity index (χ1v) is 17.7. The van der Waals surface area contributed by atoms with Crippen molar-refractivity contribution in [3.8, 4) is 17.9 Å². The van der Waals surface area contributed by atoms with E-state index >= 15 is 8.78 Å². The van der Waals surface area contributed by atoms with Gasteiger partial charge < -0.3 is 14.4 Å². The normalized spacial score (nSPS) is 24.4. The third-order valence-corrected chi connectivity index (χ3v) is 10.1. The van der Waals surface area contributed by atoms with Gasteiger partial charge in [-0.1, -0.05) is 5.92 Å². The molecule has 6 heterocycles. The lowest BCUT2D eigenvalue weighted by Crippen LogP contribution is -2.57. The number of hydrazone groups is 1. The third-order valence-electron chi connectivity index (χ3n) is 10.1. The molecule has 0 saturated carbocycles. The lowest BCUT2D eigenvalue weighted by Gasteiger charge is -2.42. The fraction of sp³-hybridized carbons (Fsp3) is 0.556. The molecule has 2 aromatic heterocycles. The van der Waals surface area contributed by atoms with Crippen molar-refractivity contribution < 1.29 is 40.6 Å². The molecule has 7 rings (SSSR count). The van der Waals surface area contributed by atoms with Gasteiger partial charge in [-0.15, -0.1) is 0 Å². The van der Waals surface area contributed by atoms with Gasteiger partial charge in [0.25, 0.3) is 0 Å². The maximum absolute atomic E-state index is 16.4. The van der Waals surface area contributed by atoms with Crippen LogP contribution in [0.5, 0.6) is 6.01 Å². The van der Waals surface area contributed by atoms with Gasteiger partial charge in [0.15, 0.2) is 5.82 Å². The number of rotatable bonds is 6. The molecule has 3 aromatic rings. The molecule has 4 aliphatic heterocycles. The molecule has 288 valence electrons. The molecule has 4 saturated heterocycles. The minimum Gasteiger partial charge on any atom is -0.461 e. The van der Waals surface area contributed by atoms with Crippen LogP contribution in [0.3, 0.4) is 0 Å². The molecule has 0 radical (unpaired) electrons. The zero-order valence-electron chi connectivity index (χ0n) is 30.1. The second kappa shape index (κ2) is 14.1. The van der Waals surface area contributed by atoms with Crippen molar-refractivity contribution in [3.63, 3.8) is 0 Å². The first kappa shape index (κ1) is 37.4. The number of fused-ring (bicyclic) bond motifs is 4. The molecule has 18 heteroatoms. The van der Waals surface area contributed by atoms with Crippen molar-refractivity contribution in [2.45, 2.75) is 95.4 Å². The van der Waals surface area contributed by atoms with Crippen LogP contribution < -0.4 is 15.1 Å². The number of hydrogen-bond acceptors (Lipinski definition) is 11. The van der Waals surface area contributed by atoms with Crippen LogP contribution in [0.15, 0.2) is 23.6 Å². The van der Waals surface area contributed by atoms with Gasteiger partial charge in [0.2, 0.25) is 5.95 Å². The molecular formula is C36H39F6N9O3. The van der Waals surface area contributed by atoms with Gasteiger partial charge in [-0.2, -0.15) is 28.2 Å². The van der Waals surface area contributed by atoms with E-state index in [1.54, 1.807) is 25.7 Å². The number of alkyl halides is 4. The highest BCUT2D eigenvalue weighted by atomic mass is 19.4. The number of benzene rings is 1. The molecule has 2 bridgehead atoms. The minimum atomic E-state index is -4.61. The summed E-state index contributed by atoms with van der Waals surface area (Å²) in [6.07, 6.45) is -1.54. The number of nitrogens with zero attached hydrogens (tertiary/aromatic N) is 8. The predicted octanol–water partition coefficient (Wildman–Crippen LogP) is 6.10. The Morgan fingerprint density at radius 3 is 2.46 bits per heavy atom. The summed E-state index contributed by atoms with van der Waals surface area (Å²) in [7, 11) is 0. The van der Waals surface area contributed by atoms with Crippen LogP contribution in [0.4, 0.5) is 42.9 Å². The molecule has 0 unspecified atom stereocenters.